The lowest BCUT2D eigenvalue weighted by atomic mass is 10.2. The first-order valence-electron chi connectivity index (χ1n) is 8.30. The molecule has 0 N–H and O–H groups in total. The zero-order chi connectivity index (χ0) is 17.1. The molecule has 1 aliphatic heterocycles. The Balaban J connectivity index is 1.39. The summed E-state index contributed by atoms with van der Waals surface area (Å²) in [6.45, 7) is 2.89. The lowest BCUT2D eigenvalue weighted by Crippen LogP contribution is -2.49. The van der Waals surface area contributed by atoms with Crippen LogP contribution in [0, 0.1) is 0 Å². The van der Waals surface area contributed by atoms with E-state index in [1.165, 1.54) is 0 Å². The van der Waals surface area contributed by atoms with Crippen LogP contribution in [0.5, 0.6) is 0 Å². The zero-order valence-electron chi connectivity index (χ0n) is 13.7. The van der Waals surface area contributed by atoms with E-state index in [1.54, 1.807) is 18.6 Å². The van der Waals surface area contributed by atoms with Gasteiger partial charge in [-0.1, -0.05) is 6.07 Å². The molecule has 0 spiro atoms. The van der Waals surface area contributed by atoms with E-state index in [-0.39, 0.29) is 5.91 Å². The molecule has 3 aromatic rings. The Morgan fingerprint density at radius 3 is 2.56 bits per heavy atom. The number of hydrogen-bond donors (Lipinski definition) is 0. The molecule has 4 heterocycles. The summed E-state index contributed by atoms with van der Waals surface area (Å²) in [5.74, 6) is 1.00. The molecule has 7 heteroatoms. The lowest BCUT2D eigenvalue weighted by molar-refractivity contribution is -0.130. The molecule has 7 nitrogen and oxygen atoms in total. The summed E-state index contributed by atoms with van der Waals surface area (Å²) in [7, 11) is 0. The maximum Gasteiger partial charge on any atom is 0.228 e. The maximum atomic E-state index is 12.4. The van der Waals surface area contributed by atoms with Gasteiger partial charge in [0, 0.05) is 50.5 Å². The Morgan fingerprint density at radius 1 is 0.920 bits per heavy atom. The minimum Gasteiger partial charge on any atom is -0.353 e. The van der Waals surface area contributed by atoms with Crippen molar-refractivity contribution in [3.63, 3.8) is 0 Å². The van der Waals surface area contributed by atoms with E-state index < -0.39 is 0 Å². The van der Waals surface area contributed by atoms with Crippen molar-refractivity contribution in [2.75, 3.05) is 31.1 Å². The molecule has 3 aromatic heterocycles. The smallest absolute Gasteiger partial charge is 0.228 e. The van der Waals surface area contributed by atoms with E-state index in [9.17, 15) is 4.79 Å². The van der Waals surface area contributed by atoms with Crippen molar-refractivity contribution in [1.29, 1.82) is 0 Å². The molecular formula is C18H18N6O. The first-order valence-corrected chi connectivity index (χ1v) is 8.30. The molecular weight excluding hydrogens is 316 g/mol. The van der Waals surface area contributed by atoms with Crippen LogP contribution in [0.25, 0.3) is 11.2 Å². The number of carbonyl (C=O) groups is 1. The average molecular weight is 334 g/mol. The molecule has 25 heavy (non-hydrogen) atoms. The van der Waals surface area contributed by atoms with Crippen LogP contribution < -0.4 is 4.90 Å². The summed E-state index contributed by atoms with van der Waals surface area (Å²) in [6.07, 6.45) is 5.38. The molecule has 0 atom stereocenters. The van der Waals surface area contributed by atoms with Gasteiger partial charge in [-0.2, -0.15) is 0 Å². The molecule has 1 saturated heterocycles. The van der Waals surface area contributed by atoms with Crippen LogP contribution in [0.1, 0.15) is 5.69 Å². The summed E-state index contributed by atoms with van der Waals surface area (Å²) >= 11 is 0. The monoisotopic (exact) mass is 334 g/mol. The van der Waals surface area contributed by atoms with Crippen molar-refractivity contribution in [3.8, 4) is 0 Å². The highest BCUT2D eigenvalue weighted by Crippen LogP contribution is 2.17. The third-order valence-electron chi connectivity index (χ3n) is 4.33. The molecule has 4 rings (SSSR count). The molecule has 0 unspecified atom stereocenters. The lowest BCUT2D eigenvalue weighted by Gasteiger charge is -2.35. The topological polar surface area (TPSA) is 75.1 Å². The van der Waals surface area contributed by atoms with Gasteiger partial charge in [0.1, 0.15) is 11.3 Å². The van der Waals surface area contributed by atoms with Gasteiger partial charge in [0.2, 0.25) is 5.91 Å². The van der Waals surface area contributed by atoms with Crippen LogP contribution in [0.2, 0.25) is 0 Å². The normalized spacial score (nSPS) is 14.7. The van der Waals surface area contributed by atoms with Crippen molar-refractivity contribution < 1.29 is 4.79 Å². The Hall–Kier alpha value is -3.09. The van der Waals surface area contributed by atoms with Gasteiger partial charge in [-0.25, -0.2) is 9.97 Å². The predicted molar refractivity (Wildman–Crippen MR) is 94.1 cm³/mol. The number of fused-ring (bicyclic) bond motifs is 1. The minimum atomic E-state index is 0.121. The Labute approximate surface area is 145 Å². The third kappa shape index (κ3) is 3.40. The van der Waals surface area contributed by atoms with Crippen molar-refractivity contribution in [1.82, 2.24) is 24.8 Å². The number of amides is 1. The number of aromatic nitrogens is 4. The summed E-state index contributed by atoms with van der Waals surface area (Å²) in [6, 6.07) is 9.54. The van der Waals surface area contributed by atoms with E-state index in [2.05, 4.69) is 24.8 Å². The van der Waals surface area contributed by atoms with Crippen molar-refractivity contribution in [2.45, 2.75) is 6.42 Å². The van der Waals surface area contributed by atoms with Crippen molar-refractivity contribution in [3.05, 3.63) is 54.6 Å². The quantitative estimate of drug-likeness (QED) is 0.719. The van der Waals surface area contributed by atoms with Crippen LogP contribution in [0.15, 0.2) is 48.9 Å². The van der Waals surface area contributed by atoms with Gasteiger partial charge in [-0.3, -0.25) is 14.8 Å². The summed E-state index contributed by atoms with van der Waals surface area (Å²) in [4.78, 5) is 33.8. The number of carbonyl (C=O) groups excluding carboxylic acids is 1. The van der Waals surface area contributed by atoms with E-state index in [4.69, 9.17) is 0 Å². The fourth-order valence-corrected chi connectivity index (χ4v) is 2.97. The van der Waals surface area contributed by atoms with Crippen LogP contribution in [0.3, 0.4) is 0 Å². The van der Waals surface area contributed by atoms with Crippen molar-refractivity contribution in [2.24, 2.45) is 0 Å². The minimum absolute atomic E-state index is 0.121. The second-order valence-corrected chi connectivity index (χ2v) is 5.93. The zero-order valence-corrected chi connectivity index (χ0v) is 13.7. The highest BCUT2D eigenvalue weighted by Gasteiger charge is 2.22. The average Bonchev–Trinajstić information content (AvgIpc) is 2.68. The number of pyridine rings is 2. The van der Waals surface area contributed by atoms with E-state index in [1.807, 2.05) is 35.2 Å². The largest absolute Gasteiger partial charge is 0.353 e. The second-order valence-electron chi connectivity index (χ2n) is 5.93. The van der Waals surface area contributed by atoms with Crippen LogP contribution in [0.4, 0.5) is 5.82 Å². The van der Waals surface area contributed by atoms with Crippen LogP contribution >= 0.6 is 0 Å². The molecule has 126 valence electrons. The van der Waals surface area contributed by atoms with Gasteiger partial charge in [0.25, 0.3) is 0 Å². The summed E-state index contributed by atoms with van der Waals surface area (Å²) in [5.41, 5.74) is 2.24. The first kappa shape index (κ1) is 15.4. The maximum absolute atomic E-state index is 12.4. The molecule has 0 radical (unpaired) electrons. The fourth-order valence-electron chi connectivity index (χ4n) is 2.97. The number of rotatable bonds is 3. The molecule has 0 aromatic carbocycles. The molecule has 0 aliphatic carbocycles. The molecule has 0 saturated carbocycles. The molecule has 1 aliphatic rings. The predicted octanol–water partition coefficient (Wildman–Crippen LogP) is 1.31. The van der Waals surface area contributed by atoms with E-state index in [0.717, 1.165) is 30.1 Å². The molecule has 1 amide bonds. The second kappa shape index (κ2) is 6.80. The first-order chi connectivity index (χ1) is 12.3. The number of nitrogens with zero attached hydrogens (tertiary/aromatic N) is 6. The van der Waals surface area contributed by atoms with Crippen molar-refractivity contribution >= 4 is 22.9 Å². The van der Waals surface area contributed by atoms with Crippen LogP contribution in [-0.4, -0.2) is 56.9 Å². The molecule has 1 fully saturated rings. The summed E-state index contributed by atoms with van der Waals surface area (Å²) < 4.78 is 0. The van der Waals surface area contributed by atoms with Gasteiger partial charge in [0.05, 0.1) is 6.42 Å². The standard InChI is InChI=1S/C18H18N6O/c25-17(13-14-3-1-2-6-19-14)24-11-9-23(10-12-24)16-5-4-15-18(22-16)21-8-7-20-15/h1-8H,9-13H2. The van der Waals surface area contributed by atoms with Gasteiger partial charge < -0.3 is 9.80 Å². The number of anilines is 1. The SMILES string of the molecule is O=C(Cc1ccccn1)N1CCN(c2ccc3nccnc3n2)CC1. The third-order valence-corrected chi connectivity index (χ3v) is 4.33. The number of piperazine rings is 1. The Bertz CT molecular complexity index is 877. The van der Waals surface area contributed by atoms with E-state index in [0.29, 0.717) is 25.2 Å². The number of hydrogen-bond acceptors (Lipinski definition) is 6. The molecule has 0 bridgehead atoms. The van der Waals surface area contributed by atoms with E-state index >= 15 is 0 Å². The van der Waals surface area contributed by atoms with Gasteiger partial charge in [-0.05, 0) is 24.3 Å². The highest BCUT2D eigenvalue weighted by atomic mass is 16.2. The summed E-state index contributed by atoms with van der Waals surface area (Å²) in [5, 5.41) is 0. The van der Waals surface area contributed by atoms with Gasteiger partial charge >= 0.3 is 0 Å². The Kier molecular flexibility index (Phi) is 4.20. The van der Waals surface area contributed by atoms with Gasteiger partial charge in [0.15, 0.2) is 5.65 Å². The fraction of sp³-hybridized carbons (Fsp3) is 0.278. The van der Waals surface area contributed by atoms with Gasteiger partial charge in [-0.15, -0.1) is 0 Å². The highest BCUT2D eigenvalue weighted by molar-refractivity contribution is 5.78. The van der Waals surface area contributed by atoms with Crippen LogP contribution in [-0.2, 0) is 11.2 Å². The Morgan fingerprint density at radius 2 is 1.76 bits per heavy atom.